The van der Waals surface area contributed by atoms with Gasteiger partial charge in [0.15, 0.2) is 0 Å². The Morgan fingerprint density at radius 2 is 1.52 bits per heavy atom. The van der Waals surface area contributed by atoms with Gasteiger partial charge in [0.05, 0.1) is 0 Å². The Bertz CT molecular complexity index is 835. The highest BCUT2D eigenvalue weighted by Gasteiger charge is 2.24. The Kier molecular flexibility index (Phi) is 7.12. The lowest BCUT2D eigenvalue weighted by atomic mass is 10.0. The number of benzene rings is 2. The summed E-state index contributed by atoms with van der Waals surface area (Å²) >= 11 is 3.33. The second kappa shape index (κ2) is 9.32. The molecule has 0 aliphatic carbocycles. The number of halogens is 1. The van der Waals surface area contributed by atoms with Gasteiger partial charge in [-0.1, -0.05) is 35.8 Å². The van der Waals surface area contributed by atoms with E-state index in [9.17, 15) is 14.4 Å². The van der Waals surface area contributed by atoms with Crippen LogP contribution < -0.4 is 16.0 Å². The quantitative estimate of drug-likeness (QED) is 0.649. The lowest BCUT2D eigenvalue weighted by molar-refractivity contribution is -0.119. The first-order chi connectivity index (χ1) is 12.8. The van der Waals surface area contributed by atoms with Crippen LogP contribution >= 0.6 is 15.9 Å². The summed E-state index contributed by atoms with van der Waals surface area (Å²) < 4.78 is 0.872. The molecule has 3 N–H and O–H groups in total. The molecule has 0 saturated carbocycles. The summed E-state index contributed by atoms with van der Waals surface area (Å²) in [6, 6.07) is 13.0. The fourth-order valence-corrected chi connectivity index (χ4v) is 2.72. The number of hydrogen-bond donors (Lipinski definition) is 3. The number of hydrogen-bond acceptors (Lipinski definition) is 3. The molecule has 2 aromatic rings. The van der Waals surface area contributed by atoms with Gasteiger partial charge in [-0.15, -0.1) is 0 Å². The number of carbonyl (C=O) groups is 3. The van der Waals surface area contributed by atoms with Crippen molar-refractivity contribution < 1.29 is 14.4 Å². The van der Waals surface area contributed by atoms with E-state index in [1.165, 1.54) is 6.92 Å². The van der Waals surface area contributed by atoms with Crippen LogP contribution in [0.1, 0.15) is 31.1 Å². The zero-order valence-corrected chi connectivity index (χ0v) is 17.0. The minimum atomic E-state index is -0.703. The lowest BCUT2D eigenvalue weighted by Gasteiger charge is -2.22. The van der Waals surface area contributed by atoms with Gasteiger partial charge >= 0.3 is 0 Å². The van der Waals surface area contributed by atoms with Gasteiger partial charge < -0.3 is 16.0 Å². The highest BCUT2D eigenvalue weighted by molar-refractivity contribution is 9.10. The molecule has 2 aromatic carbocycles. The molecule has 0 aliphatic heterocycles. The fourth-order valence-electron chi connectivity index (χ4n) is 2.46. The second-order valence-corrected chi connectivity index (χ2v) is 7.37. The van der Waals surface area contributed by atoms with E-state index in [0.717, 1.165) is 4.47 Å². The largest absolute Gasteiger partial charge is 0.340 e. The third-order valence-electron chi connectivity index (χ3n) is 3.79. The number of amides is 3. The average molecular weight is 432 g/mol. The number of anilines is 2. The monoisotopic (exact) mass is 431 g/mol. The molecular weight excluding hydrogens is 410 g/mol. The molecule has 0 aromatic heterocycles. The first kappa shape index (κ1) is 20.6. The molecule has 0 fully saturated rings. The van der Waals surface area contributed by atoms with E-state index < -0.39 is 6.04 Å². The van der Waals surface area contributed by atoms with Crippen LogP contribution in [0.5, 0.6) is 0 Å². The summed E-state index contributed by atoms with van der Waals surface area (Å²) in [6.45, 7) is 5.14. The molecule has 7 heteroatoms. The van der Waals surface area contributed by atoms with Gasteiger partial charge in [-0.3, -0.25) is 14.4 Å². The normalized spacial score (nSPS) is 11.6. The van der Waals surface area contributed by atoms with Gasteiger partial charge in [0, 0.05) is 28.3 Å². The standard InChI is InChI=1S/C20H22BrN3O3/c1-12(2)18(24-19(26)14-7-9-15(21)10-8-14)20(27)23-17-6-4-5-16(11-17)22-13(3)25/h4-12,18H,1-3H3,(H,22,25)(H,23,27)(H,24,26). The van der Waals surface area contributed by atoms with Crippen molar-refractivity contribution in [3.05, 3.63) is 58.6 Å². The van der Waals surface area contributed by atoms with Crippen LogP contribution in [0.3, 0.4) is 0 Å². The lowest BCUT2D eigenvalue weighted by Crippen LogP contribution is -2.47. The van der Waals surface area contributed by atoms with E-state index in [4.69, 9.17) is 0 Å². The first-order valence-corrected chi connectivity index (χ1v) is 9.30. The van der Waals surface area contributed by atoms with Crippen molar-refractivity contribution in [2.45, 2.75) is 26.8 Å². The van der Waals surface area contributed by atoms with E-state index in [-0.39, 0.29) is 23.6 Å². The van der Waals surface area contributed by atoms with Crippen LogP contribution in [0, 0.1) is 5.92 Å². The first-order valence-electron chi connectivity index (χ1n) is 8.51. The summed E-state index contributed by atoms with van der Waals surface area (Å²) in [5.74, 6) is -0.943. The van der Waals surface area contributed by atoms with Gasteiger partial charge in [-0.25, -0.2) is 0 Å². The van der Waals surface area contributed by atoms with E-state index in [2.05, 4.69) is 31.9 Å². The minimum Gasteiger partial charge on any atom is -0.340 e. The van der Waals surface area contributed by atoms with Gasteiger partial charge in [-0.2, -0.15) is 0 Å². The van der Waals surface area contributed by atoms with Gasteiger partial charge in [0.2, 0.25) is 11.8 Å². The van der Waals surface area contributed by atoms with Crippen molar-refractivity contribution >= 4 is 45.0 Å². The molecule has 1 unspecified atom stereocenters. The predicted molar refractivity (Wildman–Crippen MR) is 110 cm³/mol. The number of nitrogens with one attached hydrogen (secondary N) is 3. The molecule has 3 amide bonds. The summed E-state index contributed by atoms with van der Waals surface area (Å²) in [5, 5.41) is 8.24. The molecule has 0 spiro atoms. The molecule has 0 bridgehead atoms. The van der Waals surface area contributed by atoms with E-state index >= 15 is 0 Å². The van der Waals surface area contributed by atoms with Crippen LogP contribution in [0.25, 0.3) is 0 Å². The Hall–Kier alpha value is -2.67. The Morgan fingerprint density at radius 1 is 0.926 bits per heavy atom. The van der Waals surface area contributed by atoms with Crippen LogP contribution in [-0.4, -0.2) is 23.8 Å². The molecule has 0 radical (unpaired) electrons. The smallest absolute Gasteiger partial charge is 0.251 e. The molecule has 27 heavy (non-hydrogen) atoms. The van der Waals surface area contributed by atoms with Gasteiger partial charge in [0.25, 0.3) is 5.91 Å². The fraction of sp³-hybridized carbons (Fsp3) is 0.250. The molecule has 0 saturated heterocycles. The number of rotatable bonds is 6. The van der Waals surface area contributed by atoms with Crippen molar-refractivity contribution in [1.29, 1.82) is 0 Å². The van der Waals surface area contributed by atoms with E-state index in [1.807, 2.05) is 13.8 Å². The van der Waals surface area contributed by atoms with Crippen molar-refractivity contribution in [3.8, 4) is 0 Å². The second-order valence-electron chi connectivity index (χ2n) is 6.45. The summed E-state index contributed by atoms with van der Waals surface area (Å²) in [5.41, 5.74) is 1.60. The van der Waals surface area contributed by atoms with E-state index in [1.54, 1.807) is 48.5 Å². The van der Waals surface area contributed by atoms with Crippen LogP contribution in [0.15, 0.2) is 53.0 Å². The summed E-state index contributed by atoms with van der Waals surface area (Å²) in [6.07, 6.45) is 0. The highest BCUT2D eigenvalue weighted by atomic mass is 79.9. The maximum atomic E-state index is 12.7. The van der Waals surface area contributed by atoms with E-state index in [0.29, 0.717) is 16.9 Å². The van der Waals surface area contributed by atoms with Crippen LogP contribution in [0.2, 0.25) is 0 Å². The summed E-state index contributed by atoms with van der Waals surface area (Å²) in [4.78, 5) is 36.3. The zero-order valence-electron chi connectivity index (χ0n) is 15.4. The molecular formula is C20H22BrN3O3. The van der Waals surface area contributed by atoms with Crippen LogP contribution in [0.4, 0.5) is 11.4 Å². The Labute approximate surface area is 166 Å². The third-order valence-corrected chi connectivity index (χ3v) is 4.32. The zero-order chi connectivity index (χ0) is 20.0. The SMILES string of the molecule is CC(=O)Nc1cccc(NC(=O)C(NC(=O)c2ccc(Br)cc2)C(C)C)c1. The highest BCUT2D eigenvalue weighted by Crippen LogP contribution is 2.17. The molecule has 6 nitrogen and oxygen atoms in total. The Morgan fingerprint density at radius 3 is 2.07 bits per heavy atom. The molecule has 0 heterocycles. The summed E-state index contributed by atoms with van der Waals surface area (Å²) in [7, 11) is 0. The Balaban J connectivity index is 2.09. The van der Waals surface area contributed by atoms with Gasteiger partial charge in [0.1, 0.15) is 6.04 Å². The molecule has 2 rings (SSSR count). The van der Waals surface area contributed by atoms with Crippen molar-refractivity contribution in [2.75, 3.05) is 10.6 Å². The third kappa shape index (κ3) is 6.21. The van der Waals surface area contributed by atoms with Gasteiger partial charge in [-0.05, 0) is 48.4 Å². The maximum absolute atomic E-state index is 12.7. The minimum absolute atomic E-state index is 0.108. The maximum Gasteiger partial charge on any atom is 0.251 e. The topological polar surface area (TPSA) is 87.3 Å². The predicted octanol–water partition coefficient (Wildman–Crippen LogP) is 3.80. The van der Waals surface area contributed by atoms with Crippen LogP contribution in [-0.2, 0) is 9.59 Å². The molecule has 0 aliphatic rings. The van der Waals surface area contributed by atoms with Crippen molar-refractivity contribution in [3.63, 3.8) is 0 Å². The average Bonchev–Trinajstić information content (AvgIpc) is 2.59. The number of carbonyl (C=O) groups excluding carboxylic acids is 3. The van der Waals surface area contributed by atoms with Crippen molar-refractivity contribution in [1.82, 2.24) is 5.32 Å². The molecule has 142 valence electrons. The van der Waals surface area contributed by atoms with Crippen molar-refractivity contribution in [2.24, 2.45) is 5.92 Å². The molecule has 1 atom stereocenters.